The summed E-state index contributed by atoms with van der Waals surface area (Å²) in [6.07, 6.45) is -2.27. The summed E-state index contributed by atoms with van der Waals surface area (Å²) < 4.78 is 48.5. The van der Waals surface area contributed by atoms with Gasteiger partial charge in [-0.05, 0) is 62.3 Å². The normalized spacial score (nSPS) is 13.8. The molecule has 0 radical (unpaired) electrons. The van der Waals surface area contributed by atoms with Crippen molar-refractivity contribution in [1.82, 2.24) is 19.6 Å². The van der Waals surface area contributed by atoms with Gasteiger partial charge in [-0.3, -0.25) is 4.79 Å². The van der Waals surface area contributed by atoms with Crippen molar-refractivity contribution in [2.75, 3.05) is 33.8 Å². The summed E-state index contributed by atoms with van der Waals surface area (Å²) in [5.74, 6) is 0.0879. The highest BCUT2D eigenvalue weighted by molar-refractivity contribution is 5.95. The average Bonchev–Trinajstić information content (AvgIpc) is 3.27. The number of aromatic nitrogens is 2. The summed E-state index contributed by atoms with van der Waals surface area (Å²) in [7, 11) is 4.02. The van der Waals surface area contributed by atoms with Crippen molar-refractivity contribution in [2.24, 2.45) is 0 Å². The van der Waals surface area contributed by atoms with E-state index in [0.29, 0.717) is 19.6 Å². The number of benzene rings is 2. The van der Waals surface area contributed by atoms with Crippen LogP contribution in [-0.2, 0) is 19.1 Å². The van der Waals surface area contributed by atoms with Gasteiger partial charge in [-0.2, -0.15) is 18.3 Å². The molecule has 1 aliphatic heterocycles. The predicted molar refractivity (Wildman–Crippen MR) is 122 cm³/mol. The molecular formula is C25H27F3N4O2. The van der Waals surface area contributed by atoms with Gasteiger partial charge in [-0.25, -0.2) is 4.68 Å². The first-order valence-corrected chi connectivity index (χ1v) is 11.1. The lowest BCUT2D eigenvalue weighted by Crippen LogP contribution is -2.37. The van der Waals surface area contributed by atoms with Crippen molar-refractivity contribution in [3.05, 3.63) is 77.1 Å². The zero-order valence-corrected chi connectivity index (χ0v) is 19.2. The molecule has 0 unspecified atom stereocenters. The summed E-state index contributed by atoms with van der Waals surface area (Å²) in [5.41, 5.74) is 0.696. The SMILES string of the molecule is CN(C)CCCOc1ccc2c(c1)CCN(C(=O)c1cnn(-c3ccccc3)c1C(F)(F)F)C2. The van der Waals surface area contributed by atoms with E-state index in [0.717, 1.165) is 40.7 Å². The van der Waals surface area contributed by atoms with Crippen molar-refractivity contribution in [3.8, 4) is 11.4 Å². The van der Waals surface area contributed by atoms with Gasteiger partial charge in [-0.15, -0.1) is 0 Å². The minimum Gasteiger partial charge on any atom is -0.494 e. The number of halogens is 3. The Bertz CT molecular complexity index is 1140. The Kier molecular flexibility index (Phi) is 6.92. The molecule has 0 N–H and O–H groups in total. The zero-order valence-electron chi connectivity index (χ0n) is 19.2. The number of carbonyl (C=O) groups excluding carboxylic acids is 1. The lowest BCUT2D eigenvalue weighted by Gasteiger charge is -2.29. The Morgan fingerprint density at radius 2 is 1.88 bits per heavy atom. The third-order valence-electron chi connectivity index (χ3n) is 5.76. The lowest BCUT2D eigenvalue weighted by atomic mass is 9.98. The van der Waals surface area contributed by atoms with Gasteiger partial charge in [0, 0.05) is 19.6 Å². The van der Waals surface area contributed by atoms with Crippen LogP contribution in [-0.4, -0.2) is 59.3 Å². The van der Waals surface area contributed by atoms with Crippen molar-refractivity contribution >= 4 is 5.91 Å². The number of ether oxygens (including phenoxy) is 1. The number of rotatable bonds is 7. The van der Waals surface area contributed by atoms with Crippen LogP contribution in [0.2, 0.25) is 0 Å². The number of fused-ring (bicyclic) bond motifs is 1. The molecule has 1 amide bonds. The largest absolute Gasteiger partial charge is 0.494 e. The second-order valence-corrected chi connectivity index (χ2v) is 8.56. The maximum absolute atomic E-state index is 14.0. The van der Waals surface area contributed by atoms with E-state index in [1.165, 1.54) is 17.0 Å². The van der Waals surface area contributed by atoms with Gasteiger partial charge in [-0.1, -0.05) is 24.3 Å². The van der Waals surface area contributed by atoms with Crippen LogP contribution in [0.1, 0.15) is 33.6 Å². The van der Waals surface area contributed by atoms with Crippen molar-refractivity contribution < 1.29 is 22.7 Å². The van der Waals surface area contributed by atoms with Crippen LogP contribution < -0.4 is 4.74 Å². The second-order valence-electron chi connectivity index (χ2n) is 8.56. The van der Waals surface area contributed by atoms with Crippen molar-refractivity contribution in [2.45, 2.75) is 25.6 Å². The third kappa shape index (κ3) is 5.25. The van der Waals surface area contributed by atoms with Crippen LogP contribution in [0.3, 0.4) is 0 Å². The second kappa shape index (κ2) is 9.89. The Labute approximate surface area is 196 Å². The summed E-state index contributed by atoms with van der Waals surface area (Å²) in [4.78, 5) is 16.7. The van der Waals surface area contributed by atoms with Crippen molar-refractivity contribution in [1.29, 1.82) is 0 Å². The number of alkyl halides is 3. The number of amides is 1. The van der Waals surface area contributed by atoms with Crippen molar-refractivity contribution in [3.63, 3.8) is 0 Å². The summed E-state index contributed by atoms with van der Waals surface area (Å²) in [6, 6.07) is 13.7. The van der Waals surface area contributed by atoms with E-state index in [1.807, 2.05) is 32.3 Å². The highest BCUT2D eigenvalue weighted by atomic mass is 19.4. The molecule has 1 aliphatic rings. The lowest BCUT2D eigenvalue weighted by molar-refractivity contribution is -0.143. The van der Waals surface area contributed by atoms with Crippen LogP contribution in [0, 0.1) is 0 Å². The molecule has 4 rings (SSSR count). The maximum atomic E-state index is 14.0. The molecule has 180 valence electrons. The van der Waals surface area contributed by atoms with E-state index in [9.17, 15) is 18.0 Å². The molecule has 0 bridgehead atoms. The molecular weight excluding hydrogens is 445 g/mol. The zero-order chi connectivity index (χ0) is 24.3. The van der Waals surface area contributed by atoms with E-state index < -0.39 is 23.3 Å². The van der Waals surface area contributed by atoms with Gasteiger partial charge < -0.3 is 14.5 Å². The van der Waals surface area contributed by atoms with Gasteiger partial charge in [0.25, 0.3) is 5.91 Å². The van der Waals surface area contributed by atoms with E-state index in [1.54, 1.807) is 18.2 Å². The molecule has 2 heterocycles. The summed E-state index contributed by atoms with van der Waals surface area (Å²) in [6.45, 7) is 2.10. The summed E-state index contributed by atoms with van der Waals surface area (Å²) in [5, 5.41) is 3.90. The highest BCUT2D eigenvalue weighted by Gasteiger charge is 2.41. The highest BCUT2D eigenvalue weighted by Crippen LogP contribution is 2.35. The van der Waals surface area contributed by atoms with Gasteiger partial charge in [0.15, 0.2) is 5.69 Å². The van der Waals surface area contributed by atoms with E-state index in [-0.39, 0.29) is 12.2 Å². The quantitative estimate of drug-likeness (QED) is 0.478. The van der Waals surface area contributed by atoms with Crippen LogP contribution in [0.4, 0.5) is 13.2 Å². The first-order chi connectivity index (χ1) is 16.2. The molecule has 6 nitrogen and oxygen atoms in total. The molecule has 0 aliphatic carbocycles. The molecule has 0 fully saturated rings. The van der Waals surface area contributed by atoms with Crippen LogP contribution in [0.15, 0.2) is 54.7 Å². The first-order valence-electron chi connectivity index (χ1n) is 11.1. The van der Waals surface area contributed by atoms with Gasteiger partial charge in [0.1, 0.15) is 5.75 Å². The monoisotopic (exact) mass is 472 g/mol. The van der Waals surface area contributed by atoms with Crippen LogP contribution >= 0.6 is 0 Å². The Hall–Kier alpha value is -3.33. The number of hydrogen-bond acceptors (Lipinski definition) is 4. The maximum Gasteiger partial charge on any atom is 0.434 e. The average molecular weight is 473 g/mol. The fraction of sp³-hybridized carbons (Fsp3) is 0.360. The molecule has 3 aromatic rings. The Balaban J connectivity index is 1.51. The Morgan fingerprint density at radius 1 is 1.12 bits per heavy atom. The van der Waals surface area contributed by atoms with E-state index >= 15 is 0 Å². The van der Waals surface area contributed by atoms with Gasteiger partial charge in [0.05, 0.1) is 24.1 Å². The minimum atomic E-state index is -4.73. The molecule has 0 atom stereocenters. The molecule has 0 saturated heterocycles. The standard InChI is InChI=1S/C25H27F3N4O2/c1-30(2)12-6-14-34-21-10-9-19-17-31(13-11-18(19)15-21)24(33)22-16-29-32(23(22)25(26,27)28)20-7-4-3-5-8-20/h3-5,7-10,15-16H,6,11-14,17H2,1-2H3. The van der Waals surface area contributed by atoms with E-state index in [2.05, 4.69) is 10.00 Å². The third-order valence-corrected chi connectivity index (χ3v) is 5.76. The number of hydrogen-bond donors (Lipinski definition) is 0. The van der Waals surface area contributed by atoms with Gasteiger partial charge in [0.2, 0.25) is 0 Å². The Morgan fingerprint density at radius 3 is 2.59 bits per heavy atom. The molecule has 2 aromatic carbocycles. The molecule has 34 heavy (non-hydrogen) atoms. The fourth-order valence-electron chi connectivity index (χ4n) is 4.08. The van der Waals surface area contributed by atoms with Crippen LogP contribution in [0.25, 0.3) is 5.69 Å². The first kappa shape index (κ1) is 23.8. The number of nitrogens with zero attached hydrogens (tertiary/aromatic N) is 4. The summed E-state index contributed by atoms with van der Waals surface area (Å²) >= 11 is 0. The molecule has 0 spiro atoms. The van der Waals surface area contributed by atoms with Gasteiger partial charge >= 0.3 is 6.18 Å². The minimum absolute atomic E-state index is 0.239. The predicted octanol–water partition coefficient (Wildman–Crippen LogP) is 4.42. The molecule has 0 saturated carbocycles. The molecule has 9 heteroatoms. The topological polar surface area (TPSA) is 50.6 Å². The molecule has 1 aromatic heterocycles. The van der Waals surface area contributed by atoms with Crippen LogP contribution in [0.5, 0.6) is 5.75 Å². The number of carbonyl (C=O) groups is 1. The van der Waals surface area contributed by atoms with E-state index in [4.69, 9.17) is 4.74 Å². The fourth-order valence-corrected chi connectivity index (χ4v) is 4.08. The smallest absolute Gasteiger partial charge is 0.434 e. The number of para-hydroxylation sites is 1.